The van der Waals surface area contributed by atoms with E-state index in [4.69, 9.17) is 9.47 Å². The minimum absolute atomic E-state index is 0.0267. The van der Waals surface area contributed by atoms with E-state index in [1.165, 1.54) is 12.8 Å². The van der Waals surface area contributed by atoms with Crippen LogP contribution in [0.2, 0.25) is 0 Å². The lowest BCUT2D eigenvalue weighted by atomic mass is 9.94. The van der Waals surface area contributed by atoms with Crippen LogP contribution in [-0.2, 0) is 9.53 Å². The van der Waals surface area contributed by atoms with E-state index in [1.807, 2.05) is 0 Å². The van der Waals surface area contributed by atoms with Crippen molar-refractivity contribution in [2.24, 2.45) is 5.92 Å². The van der Waals surface area contributed by atoms with Gasteiger partial charge in [0.15, 0.2) is 0 Å². The van der Waals surface area contributed by atoms with Gasteiger partial charge in [0, 0.05) is 25.3 Å². The maximum atomic E-state index is 13.4. The molecular weight excluding hydrogens is 448 g/mol. The van der Waals surface area contributed by atoms with Crippen molar-refractivity contribution in [2.45, 2.75) is 82.1 Å². The third-order valence-corrected chi connectivity index (χ3v) is 7.66. The molecule has 4 amide bonds. The minimum atomic E-state index is -0.304. The van der Waals surface area contributed by atoms with E-state index >= 15 is 0 Å². The normalized spacial score (nSPS) is 26.6. The van der Waals surface area contributed by atoms with Gasteiger partial charge in [0.1, 0.15) is 18.5 Å². The number of amides is 4. The van der Waals surface area contributed by atoms with Crippen molar-refractivity contribution in [2.75, 3.05) is 25.5 Å². The number of carbonyl (C=O) groups is 3. The van der Waals surface area contributed by atoms with Crippen LogP contribution in [0, 0.1) is 5.92 Å². The summed E-state index contributed by atoms with van der Waals surface area (Å²) in [6.07, 6.45) is 8.01. The van der Waals surface area contributed by atoms with E-state index in [0.717, 1.165) is 38.6 Å². The van der Waals surface area contributed by atoms with Gasteiger partial charge in [-0.15, -0.1) is 0 Å². The summed E-state index contributed by atoms with van der Waals surface area (Å²) >= 11 is 0. The first-order valence-electron chi connectivity index (χ1n) is 13.0. The molecule has 2 heterocycles. The number of benzene rings is 1. The number of hydrogen-bond donors (Lipinski definition) is 3. The molecule has 2 aliphatic heterocycles. The fraction of sp³-hybridized carbons (Fsp3) is 0.654. The van der Waals surface area contributed by atoms with Crippen LogP contribution in [0.25, 0.3) is 0 Å². The second kappa shape index (κ2) is 10.4. The highest BCUT2D eigenvalue weighted by atomic mass is 16.5. The Bertz CT molecular complexity index is 959. The predicted molar refractivity (Wildman–Crippen MR) is 130 cm³/mol. The van der Waals surface area contributed by atoms with Crippen LogP contribution in [0.5, 0.6) is 5.75 Å². The van der Waals surface area contributed by atoms with Gasteiger partial charge in [0.05, 0.1) is 24.1 Å². The lowest BCUT2D eigenvalue weighted by molar-refractivity contribution is -0.134. The van der Waals surface area contributed by atoms with Crippen LogP contribution in [0.1, 0.15) is 68.1 Å². The third-order valence-electron chi connectivity index (χ3n) is 7.66. The molecule has 5 rings (SSSR count). The lowest BCUT2D eigenvalue weighted by Gasteiger charge is -2.42. The number of ether oxygens (including phenoxy) is 2. The standard InChI is InChI=1S/C26H36N4O5/c1-30-21-10-9-19(13-24(31)27-14-16-6-7-16)35-23(21)15-34-22-11-8-18(12-20(22)25(30)32)29-26(33)28-17-4-2-3-5-17/h8,11-12,16-17,19,21,23H,2-7,9-10,13-15H2,1H3,(H,27,31)(H2,28,29,33)/t19-,21+,23+/m1/s1. The summed E-state index contributed by atoms with van der Waals surface area (Å²) in [5.74, 6) is 0.972. The van der Waals surface area contributed by atoms with Gasteiger partial charge < -0.3 is 30.3 Å². The molecule has 0 aromatic heterocycles. The Morgan fingerprint density at radius 2 is 1.89 bits per heavy atom. The molecule has 190 valence electrons. The maximum absolute atomic E-state index is 13.4. The van der Waals surface area contributed by atoms with Gasteiger partial charge in [-0.1, -0.05) is 12.8 Å². The fourth-order valence-corrected chi connectivity index (χ4v) is 5.39. The van der Waals surface area contributed by atoms with E-state index in [9.17, 15) is 14.4 Å². The lowest BCUT2D eigenvalue weighted by Crippen LogP contribution is -2.54. The van der Waals surface area contributed by atoms with E-state index in [2.05, 4.69) is 16.0 Å². The average molecular weight is 485 g/mol. The van der Waals surface area contributed by atoms with Crippen LogP contribution in [0.3, 0.4) is 0 Å². The fourth-order valence-electron chi connectivity index (χ4n) is 5.39. The number of rotatable bonds is 6. The smallest absolute Gasteiger partial charge is 0.319 e. The summed E-state index contributed by atoms with van der Waals surface area (Å²) in [6.45, 7) is 1.05. The highest BCUT2D eigenvalue weighted by Gasteiger charge is 2.39. The van der Waals surface area contributed by atoms with Crippen LogP contribution in [-0.4, -0.2) is 67.2 Å². The second-order valence-corrected chi connectivity index (χ2v) is 10.4. The Hall–Kier alpha value is -2.81. The molecule has 1 aromatic carbocycles. The largest absolute Gasteiger partial charge is 0.490 e. The van der Waals surface area contributed by atoms with Crippen molar-refractivity contribution in [3.63, 3.8) is 0 Å². The highest BCUT2D eigenvalue weighted by molar-refractivity contribution is 5.99. The number of nitrogens with zero attached hydrogens (tertiary/aromatic N) is 1. The highest BCUT2D eigenvalue weighted by Crippen LogP contribution is 2.33. The molecule has 3 N–H and O–H groups in total. The van der Waals surface area contributed by atoms with E-state index in [0.29, 0.717) is 42.4 Å². The third kappa shape index (κ3) is 5.89. The molecule has 9 heteroatoms. The van der Waals surface area contributed by atoms with Crippen molar-refractivity contribution in [1.29, 1.82) is 0 Å². The number of carbonyl (C=O) groups excluding carboxylic acids is 3. The molecule has 0 spiro atoms. The Morgan fingerprint density at radius 3 is 2.66 bits per heavy atom. The van der Waals surface area contributed by atoms with Gasteiger partial charge >= 0.3 is 6.03 Å². The Labute approximate surface area is 206 Å². The summed E-state index contributed by atoms with van der Waals surface area (Å²) in [5, 5.41) is 8.86. The minimum Gasteiger partial charge on any atom is -0.490 e. The van der Waals surface area contributed by atoms with Gasteiger partial charge in [-0.25, -0.2) is 4.79 Å². The SMILES string of the molecule is CN1C(=O)c2cc(NC(=O)NC3CCCC3)ccc2OC[C@@H]2O[C@@H](CC(=O)NCC3CC3)CC[C@@H]21. The molecule has 0 unspecified atom stereocenters. The number of urea groups is 1. The predicted octanol–water partition coefficient (Wildman–Crippen LogP) is 3.05. The molecule has 3 fully saturated rings. The van der Waals surface area contributed by atoms with Crippen molar-refractivity contribution in [3.8, 4) is 5.75 Å². The molecule has 4 aliphatic rings. The summed E-state index contributed by atoms with van der Waals surface area (Å²) in [6, 6.07) is 4.97. The number of nitrogens with one attached hydrogen (secondary N) is 3. The zero-order chi connectivity index (χ0) is 24.4. The molecule has 35 heavy (non-hydrogen) atoms. The summed E-state index contributed by atoms with van der Waals surface area (Å²) < 4.78 is 12.3. The van der Waals surface area contributed by atoms with Crippen LogP contribution >= 0.6 is 0 Å². The van der Waals surface area contributed by atoms with Gasteiger partial charge in [-0.3, -0.25) is 9.59 Å². The Kier molecular flexibility index (Phi) is 7.13. The van der Waals surface area contributed by atoms with Crippen molar-refractivity contribution in [3.05, 3.63) is 23.8 Å². The zero-order valence-corrected chi connectivity index (χ0v) is 20.4. The number of fused-ring (bicyclic) bond motifs is 2. The number of hydrogen-bond acceptors (Lipinski definition) is 5. The van der Waals surface area contributed by atoms with E-state index < -0.39 is 0 Å². The molecule has 3 atom stereocenters. The monoisotopic (exact) mass is 484 g/mol. The molecule has 2 aliphatic carbocycles. The molecular formula is C26H36N4O5. The van der Waals surface area contributed by atoms with Crippen LogP contribution < -0.4 is 20.7 Å². The quantitative estimate of drug-likeness (QED) is 0.575. The molecule has 2 saturated carbocycles. The van der Waals surface area contributed by atoms with E-state index in [-0.39, 0.29) is 42.1 Å². The van der Waals surface area contributed by atoms with Gasteiger partial charge in [0.2, 0.25) is 5.91 Å². The van der Waals surface area contributed by atoms with Gasteiger partial charge in [-0.05, 0) is 62.6 Å². The Balaban J connectivity index is 1.21. The average Bonchev–Trinajstić information content (AvgIpc) is 3.54. The van der Waals surface area contributed by atoms with Gasteiger partial charge in [-0.2, -0.15) is 0 Å². The number of likely N-dealkylation sites (N-methyl/N-ethyl adjacent to an activating group) is 1. The van der Waals surface area contributed by atoms with Crippen LogP contribution in [0.15, 0.2) is 18.2 Å². The van der Waals surface area contributed by atoms with Crippen LogP contribution in [0.4, 0.5) is 10.5 Å². The first kappa shape index (κ1) is 23.9. The second-order valence-electron chi connectivity index (χ2n) is 10.4. The zero-order valence-electron chi connectivity index (χ0n) is 20.4. The molecule has 0 bridgehead atoms. The first-order valence-corrected chi connectivity index (χ1v) is 13.0. The first-order chi connectivity index (χ1) is 17.0. The Morgan fingerprint density at radius 1 is 1.09 bits per heavy atom. The van der Waals surface area contributed by atoms with Crippen molar-refractivity contribution >= 4 is 23.5 Å². The van der Waals surface area contributed by atoms with Gasteiger partial charge in [0.25, 0.3) is 5.91 Å². The summed E-state index contributed by atoms with van der Waals surface area (Å²) in [4.78, 5) is 39.8. The molecule has 9 nitrogen and oxygen atoms in total. The molecule has 1 aromatic rings. The molecule has 0 radical (unpaired) electrons. The van der Waals surface area contributed by atoms with Crippen molar-refractivity contribution in [1.82, 2.24) is 15.5 Å². The summed E-state index contributed by atoms with van der Waals surface area (Å²) in [5.41, 5.74) is 0.977. The summed E-state index contributed by atoms with van der Waals surface area (Å²) in [7, 11) is 1.79. The maximum Gasteiger partial charge on any atom is 0.319 e. The topological polar surface area (TPSA) is 109 Å². The number of anilines is 1. The molecule has 1 saturated heterocycles. The van der Waals surface area contributed by atoms with Crippen molar-refractivity contribution < 1.29 is 23.9 Å². The van der Waals surface area contributed by atoms with E-state index in [1.54, 1.807) is 30.1 Å².